The van der Waals surface area contributed by atoms with Crippen LogP contribution in [0.2, 0.25) is 0 Å². The predicted octanol–water partition coefficient (Wildman–Crippen LogP) is 3.56. The minimum Gasteiger partial charge on any atom is -0.388 e. The quantitative estimate of drug-likeness (QED) is 0.856. The molecule has 0 fully saturated rings. The summed E-state index contributed by atoms with van der Waals surface area (Å²) in [6.07, 6.45) is -1.10. The third-order valence-corrected chi connectivity index (χ3v) is 4.08. The number of carbonyl (C=O) groups excluding carboxylic acids is 1. The maximum absolute atomic E-state index is 13.2. The zero-order valence-electron chi connectivity index (χ0n) is 13.4. The van der Waals surface area contributed by atoms with E-state index in [1.165, 1.54) is 18.2 Å². The largest absolute Gasteiger partial charge is 0.388 e. The summed E-state index contributed by atoms with van der Waals surface area (Å²) >= 11 is 0. The van der Waals surface area contributed by atoms with E-state index >= 15 is 0 Å². The van der Waals surface area contributed by atoms with Crippen LogP contribution in [0, 0.1) is 5.82 Å². The van der Waals surface area contributed by atoms with Gasteiger partial charge in [0.15, 0.2) is 0 Å². The minimum atomic E-state index is -1.01. The number of aliphatic hydroxyl groups excluding tert-OH is 1. The van der Waals surface area contributed by atoms with E-state index in [9.17, 15) is 14.3 Å². The lowest BCUT2D eigenvalue weighted by Crippen LogP contribution is -2.36. The van der Waals surface area contributed by atoms with Crippen LogP contribution in [0.5, 0.6) is 0 Å². The molecule has 1 amide bonds. The second-order valence-electron chi connectivity index (χ2n) is 5.83. The van der Waals surface area contributed by atoms with E-state index in [4.69, 9.17) is 0 Å². The van der Waals surface area contributed by atoms with Crippen molar-refractivity contribution < 1.29 is 14.3 Å². The molecule has 0 aliphatic rings. The monoisotopic (exact) mass is 315 g/mol. The number of halogens is 1. The number of aliphatic hydroxyl groups is 1. The molecule has 23 heavy (non-hydrogen) atoms. The molecule has 0 saturated heterocycles. The van der Waals surface area contributed by atoms with Gasteiger partial charge in [-0.15, -0.1) is 0 Å². The van der Waals surface area contributed by atoms with E-state index in [0.717, 1.165) is 5.56 Å². The summed E-state index contributed by atoms with van der Waals surface area (Å²) in [7, 11) is 0. The van der Waals surface area contributed by atoms with Crippen LogP contribution in [0.25, 0.3) is 0 Å². The molecule has 2 aromatic rings. The van der Waals surface area contributed by atoms with Crippen molar-refractivity contribution in [2.45, 2.75) is 38.3 Å². The summed E-state index contributed by atoms with van der Waals surface area (Å²) in [6, 6.07) is 15.5. The molecule has 0 heterocycles. The summed E-state index contributed by atoms with van der Waals surface area (Å²) in [6.45, 7) is 3.98. The summed E-state index contributed by atoms with van der Waals surface area (Å²) in [5, 5.41) is 13.0. The second kappa shape index (κ2) is 7.88. The molecular formula is C19H22FNO2. The van der Waals surface area contributed by atoms with Crippen LogP contribution in [0.4, 0.5) is 4.39 Å². The van der Waals surface area contributed by atoms with Crippen LogP contribution in [0.15, 0.2) is 54.6 Å². The molecule has 0 spiro atoms. The fraction of sp³-hybridized carbons (Fsp3) is 0.316. The van der Waals surface area contributed by atoms with Gasteiger partial charge in [0.25, 0.3) is 0 Å². The highest BCUT2D eigenvalue weighted by Gasteiger charge is 2.19. The Balaban J connectivity index is 1.91. The third-order valence-electron chi connectivity index (χ3n) is 4.08. The molecular weight excluding hydrogens is 293 g/mol. The molecule has 0 aliphatic carbocycles. The molecule has 2 N–H and O–H groups in total. The van der Waals surface area contributed by atoms with Gasteiger partial charge in [-0.05, 0) is 30.2 Å². The predicted molar refractivity (Wildman–Crippen MR) is 88.4 cm³/mol. The SMILES string of the molecule is CC(NC(=O)CC(O)c1cccc(F)c1)C(C)c1ccccc1. The van der Waals surface area contributed by atoms with Crippen LogP contribution in [0.1, 0.15) is 43.4 Å². The Morgan fingerprint density at radius 2 is 1.74 bits per heavy atom. The zero-order chi connectivity index (χ0) is 16.8. The van der Waals surface area contributed by atoms with Crippen LogP contribution in [-0.4, -0.2) is 17.1 Å². The molecule has 0 saturated carbocycles. The van der Waals surface area contributed by atoms with Gasteiger partial charge in [0.05, 0.1) is 12.5 Å². The maximum Gasteiger partial charge on any atom is 0.223 e. The van der Waals surface area contributed by atoms with Crippen molar-refractivity contribution in [3.63, 3.8) is 0 Å². The first kappa shape index (κ1) is 17.2. The highest BCUT2D eigenvalue weighted by atomic mass is 19.1. The second-order valence-corrected chi connectivity index (χ2v) is 5.83. The van der Waals surface area contributed by atoms with Crippen LogP contribution < -0.4 is 5.32 Å². The number of hydrogen-bond donors (Lipinski definition) is 2. The molecule has 0 bridgehead atoms. The molecule has 122 valence electrons. The van der Waals surface area contributed by atoms with Crippen molar-refractivity contribution >= 4 is 5.91 Å². The highest BCUT2D eigenvalue weighted by Crippen LogP contribution is 2.20. The van der Waals surface area contributed by atoms with Crippen LogP contribution >= 0.6 is 0 Å². The van der Waals surface area contributed by atoms with Gasteiger partial charge in [-0.3, -0.25) is 4.79 Å². The molecule has 2 aromatic carbocycles. The normalized spacial score (nSPS) is 14.8. The fourth-order valence-electron chi connectivity index (χ4n) is 2.49. The Kier molecular flexibility index (Phi) is 5.88. The number of carbonyl (C=O) groups is 1. The van der Waals surface area contributed by atoms with Gasteiger partial charge >= 0.3 is 0 Å². The van der Waals surface area contributed by atoms with Crippen LogP contribution in [-0.2, 0) is 4.79 Å². The summed E-state index contributed by atoms with van der Waals surface area (Å²) in [4.78, 5) is 12.1. The van der Waals surface area contributed by atoms with E-state index in [1.54, 1.807) is 6.07 Å². The third kappa shape index (κ3) is 4.89. The van der Waals surface area contributed by atoms with Gasteiger partial charge < -0.3 is 10.4 Å². The first-order valence-electron chi connectivity index (χ1n) is 7.75. The number of hydrogen-bond acceptors (Lipinski definition) is 2. The first-order valence-corrected chi connectivity index (χ1v) is 7.75. The molecule has 2 rings (SSSR count). The first-order chi connectivity index (χ1) is 11.0. The Bertz CT molecular complexity index is 645. The van der Waals surface area contributed by atoms with Crippen molar-refractivity contribution in [1.29, 1.82) is 0 Å². The summed E-state index contributed by atoms with van der Waals surface area (Å²) < 4.78 is 13.2. The van der Waals surface area contributed by atoms with Crippen molar-refractivity contribution in [1.82, 2.24) is 5.32 Å². The molecule has 3 unspecified atom stereocenters. The molecule has 0 aliphatic heterocycles. The van der Waals surface area contributed by atoms with E-state index in [1.807, 2.05) is 44.2 Å². The lowest BCUT2D eigenvalue weighted by Gasteiger charge is -2.22. The Hall–Kier alpha value is -2.20. The van der Waals surface area contributed by atoms with Crippen LogP contribution in [0.3, 0.4) is 0 Å². The van der Waals surface area contributed by atoms with Crippen molar-refractivity contribution in [3.8, 4) is 0 Å². The van der Waals surface area contributed by atoms with E-state index in [2.05, 4.69) is 5.32 Å². The smallest absolute Gasteiger partial charge is 0.223 e. The van der Waals surface area contributed by atoms with Gasteiger partial charge in [0, 0.05) is 12.0 Å². The van der Waals surface area contributed by atoms with E-state index in [0.29, 0.717) is 5.56 Å². The zero-order valence-corrected chi connectivity index (χ0v) is 13.4. The van der Waals surface area contributed by atoms with Gasteiger partial charge in [0.1, 0.15) is 5.82 Å². The topological polar surface area (TPSA) is 49.3 Å². The standard InChI is InChI=1S/C19H22FNO2/c1-13(15-7-4-3-5-8-15)14(2)21-19(23)12-18(22)16-9-6-10-17(20)11-16/h3-11,13-14,18,22H,12H2,1-2H3,(H,21,23). The lowest BCUT2D eigenvalue weighted by molar-refractivity contribution is -0.123. The van der Waals surface area contributed by atoms with E-state index in [-0.39, 0.29) is 24.3 Å². The molecule has 3 atom stereocenters. The number of nitrogens with one attached hydrogen (secondary N) is 1. The van der Waals surface area contributed by atoms with E-state index < -0.39 is 11.9 Å². The van der Waals surface area contributed by atoms with Gasteiger partial charge in [-0.1, -0.05) is 49.4 Å². The molecule has 0 aromatic heterocycles. The molecule has 4 heteroatoms. The molecule has 3 nitrogen and oxygen atoms in total. The molecule has 0 radical (unpaired) electrons. The van der Waals surface area contributed by atoms with Crippen molar-refractivity contribution in [2.24, 2.45) is 0 Å². The highest BCUT2D eigenvalue weighted by molar-refractivity contribution is 5.77. The Morgan fingerprint density at radius 3 is 2.39 bits per heavy atom. The summed E-state index contributed by atoms with van der Waals surface area (Å²) in [5.74, 6) is -0.517. The van der Waals surface area contributed by atoms with Crippen molar-refractivity contribution in [3.05, 3.63) is 71.5 Å². The minimum absolute atomic E-state index is 0.0652. The average Bonchev–Trinajstić information content (AvgIpc) is 2.54. The van der Waals surface area contributed by atoms with Gasteiger partial charge in [-0.25, -0.2) is 4.39 Å². The Morgan fingerprint density at radius 1 is 1.09 bits per heavy atom. The Labute approximate surface area is 136 Å². The number of rotatable bonds is 6. The number of amides is 1. The fourth-order valence-corrected chi connectivity index (χ4v) is 2.49. The maximum atomic E-state index is 13.2. The summed E-state index contributed by atoms with van der Waals surface area (Å²) in [5.41, 5.74) is 1.55. The number of benzene rings is 2. The van der Waals surface area contributed by atoms with Crippen molar-refractivity contribution in [2.75, 3.05) is 0 Å². The van der Waals surface area contributed by atoms with Gasteiger partial charge in [0.2, 0.25) is 5.91 Å². The lowest BCUT2D eigenvalue weighted by atomic mass is 9.94. The van der Waals surface area contributed by atoms with Gasteiger partial charge in [-0.2, -0.15) is 0 Å². The average molecular weight is 315 g/mol.